The molecule has 5 rings (SSSR count). The number of rotatable bonds is 3. The number of aryl methyl sites for hydroxylation is 1. The van der Waals surface area contributed by atoms with E-state index in [4.69, 9.17) is 4.42 Å². The van der Waals surface area contributed by atoms with Crippen LogP contribution < -0.4 is 15.4 Å². The normalized spacial score (nSPS) is 19.9. The summed E-state index contributed by atoms with van der Waals surface area (Å²) in [6.07, 6.45) is 6.03. The summed E-state index contributed by atoms with van der Waals surface area (Å²) in [6, 6.07) is 5.65. The van der Waals surface area contributed by atoms with E-state index in [0.717, 1.165) is 43.4 Å². The summed E-state index contributed by atoms with van der Waals surface area (Å²) in [5, 5.41) is 0.755. The van der Waals surface area contributed by atoms with Crippen molar-refractivity contribution in [2.24, 2.45) is 0 Å². The molecule has 0 aliphatic carbocycles. The van der Waals surface area contributed by atoms with Crippen LogP contribution in [-0.2, 0) is 0 Å². The van der Waals surface area contributed by atoms with Gasteiger partial charge in [-0.1, -0.05) is 6.92 Å². The van der Waals surface area contributed by atoms with Crippen LogP contribution in [0.2, 0.25) is 0 Å². The topological polar surface area (TPSA) is 79.5 Å². The minimum absolute atomic E-state index is 0.00812. The number of piperidine rings is 1. The zero-order chi connectivity index (χ0) is 24.2. The quantitative estimate of drug-likeness (QED) is 0.409. The molecular weight excluding hydrogens is 428 g/mol. The summed E-state index contributed by atoms with van der Waals surface area (Å²) >= 11 is 0. The van der Waals surface area contributed by atoms with Crippen LogP contribution in [0.4, 0.5) is 11.6 Å². The monoisotopic (exact) mass is 460 g/mol. The van der Waals surface area contributed by atoms with E-state index in [-0.39, 0.29) is 11.1 Å². The number of anilines is 2. The van der Waals surface area contributed by atoms with Crippen LogP contribution in [0.15, 0.2) is 33.6 Å². The van der Waals surface area contributed by atoms with Crippen LogP contribution in [-0.4, -0.2) is 41.4 Å². The Bertz CT molecular complexity index is 1340. The van der Waals surface area contributed by atoms with Gasteiger partial charge in [-0.25, -0.2) is 14.8 Å². The largest absolute Gasteiger partial charge is 0.422 e. The predicted molar refractivity (Wildman–Crippen MR) is 134 cm³/mol. The molecule has 2 aromatic heterocycles. The molecule has 0 N–H and O–H groups in total. The Morgan fingerprint density at radius 1 is 1.12 bits per heavy atom. The van der Waals surface area contributed by atoms with Crippen LogP contribution in [0.25, 0.3) is 11.0 Å². The molecule has 34 heavy (non-hydrogen) atoms. The number of carbonyl (C=O) groups is 1. The van der Waals surface area contributed by atoms with Gasteiger partial charge >= 0.3 is 5.63 Å². The van der Waals surface area contributed by atoms with Crippen LogP contribution in [0.5, 0.6) is 0 Å². The van der Waals surface area contributed by atoms with Gasteiger partial charge in [-0.05, 0) is 70.1 Å². The van der Waals surface area contributed by atoms with Crippen molar-refractivity contribution in [2.45, 2.75) is 64.8 Å². The zero-order valence-corrected chi connectivity index (χ0v) is 20.6. The lowest BCUT2D eigenvalue weighted by atomic mass is 9.80. The van der Waals surface area contributed by atoms with Crippen molar-refractivity contribution in [3.05, 3.63) is 57.2 Å². The maximum absolute atomic E-state index is 13.3. The summed E-state index contributed by atoms with van der Waals surface area (Å²) in [6.45, 7) is 10.3. The molecule has 1 saturated heterocycles. The number of fused-ring (bicyclic) bond motifs is 2. The fourth-order valence-electron chi connectivity index (χ4n) is 5.41. The van der Waals surface area contributed by atoms with Crippen LogP contribution >= 0.6 is 0 Å². The van der Waals surface area contributed by atoms with Gasteiger partial charge in [0.15, 0.2) is 0 Å². The Morgan fingerprint density at radius 2 is 1.85 bits per heavy atom. The number of benzene rings is 1. The van der Waals surface area contributed by atoms with Crippen molar-refractivity contribution in [3.63, 3.8) is 0 Å². The second kappa shape index (κ2) is 8.22. The summed E-state index contributed by atoms with van der Waals surface area (Å²) in [5.74, 6) is 0.601. The number of hydrogen-bond donors (Lipinski definition) is 0. The van der Waals surface area contributed by atoms with E-state index in [1.807, 2.05) is 6.07 Å². The molecule has 1 fully saturated rings. The molecule has 0 amide bonds. The Balaban J connectivity index is 1.53. The molecule has 0 radical (unpaired) electrons. The fourth-order valence-corrected chi connectivity index (χ4v) is 5.41. The minimum Gasteiger partial charge on any atom is -0.422 e. The number of hydrogen-bond acceptors (Lipinski definition) is 7. The van der Waals surface area contributed by atoms with Gasteiger partial charge in [0.2, 0.25) is 11.7 Å². The number of aromatic nitrogens is 2. The highest BCUT2D eigenvalue weighted by Gasteiger charge is 2.34. The summed E-state index contributed by atoms with van der Waals surface area (Å²) < 4.78 is 5.66. The smallest absolute Gasteiger partial charge is 0.347 e. The van der Waals surface area contributed by atoms with Crippen molar-refractivity contribution in [3.8, 4) is 0 Å². The zero-order valence-electron chi connectivity index (χ0n) is 20.6. The van der Waals surface area contributed by atoms with E-state index >= 15 is 0 Å². The lowest BCUT2D eigenvalue weighted by Gasteiger charge is -2.45. The van der Waals surface area contributed by atoms with E-state index in [9.17, 15) is 9.59 Å². The van der Waals surface area contributed by atoms with E-state index < -0.39 is 11.4 Å². The Kier molecular flexibility index (Phi) is 5.46. The summed E-state index contributed by atoms with van der Waals surface area (Å²) in [5.41, 5.74) is 3.05. The van der Waals surface area contributed by atoms with Gasteiger partial charge in [-0.3, -0.25) is 4.79 Å². The fraction of sp³-hybridized carbons (Fsp3) is 0.481. The van der Waals surface area contributed by atoms with Crippen molar-refractivity contribution < 1.29 is 9.21 Å². The Morgan fingerprint density at radius 3 is 2.56 bits per heavy atom. The molecule has 0 spiro atoms. The van der Waals surface area contributed by atoms with Crippen molar-refractivity contribution in [2.75, 3.05) is 29.9 Å². The van der Waals surface area contributed by atoms with Crippen molar-refractivity contribution in [1.82, 2.24) is 9.97 Å². The van der Waals surface area contributed by atoms with E-state index in [0.29, 0.717) is 28.7 Å². The Labute approximate surface area is 199 Å². The molecule has 7 nitrogen and oxygen atoms in total. The molecule has 0 saturated carbocycles. The molecule has 178 valence electrons. The first kappa shape index (κ1) is 22.6. The molecule has 7 heteroatoms. The van der Waals surface area contributed by atoms with Crippen LogP contribution in [0, 0.1) is 6.92 Å². The standard InChI is InChI=1S/C27H32N4O3/c1-16-14-27(3,4)30(5)22-13-23-18(11-19(16)22)12-20(25(33)34-23)24(32)21-15-28-26(29-17(21)2)31-9-7-6-8-10-31/h11-13,15-16H,6-10,14H2,1-5H3. The second-order valence-electron chi connectivity index (χ2n) is 10.4. The number of nitrogens with zero attached hydrogens (tertiary/aromatic N) is 4. The van der Waals surface area contributed by atoms with Gasteiger partial charge < -0.3 is 14.2 Å². The van der Waals surface area contributed by atoms with Crippen molar-refractivity contribution in [1.29, 1.82) is 0 Å². The first-order chi connectivity index (χ1) is 16.2. The van der Waals surface area contributed by atoms with E-state index in [1.54, 1.807) is 19.2 Å². The predicted octanol–water partition coefficient (Wildman–Crippen LogP) is 4.83. The SMILES string of the molecule is Cc1nc(N2CCCCC2)ncc1C(=O)c1cc2cc3c(cc2oc1=O)N(C)C(C)(C)CC3C. The van der Waals surface area contributed by atoms with E-state index in [2.05, 4.69) is 53.7 Å². The third-order valence-electron chi connectivity index (χ3n) is 7.58. The minimum atomic E-state index is -0.636. The molecule has 2 aliphatic rings. The average Bonchev–Trinajstić information content (AvgIpc) is 2.81. The highest BCUT2D eigenvalue weighted by atomic mass is 16.4. The van der Waals surface area contributed by atoms with Gasteiger partial charge in [0.1, 0.15) is 11.1 Å². The van der Waals surface area contributed by atoms with Gasteiger partial charge in [0, 0.05) is 49.0 Å². The molecular formula is C27H32N4O3. The van der Waals surface area contributed by atoms with Crippen LogP contribution in [0.3, 0.4) is 0 Å². The van der Waals surface area contributed by atoms with Gasteiger partial charge in [0.05, 0.1) is 11.3 Å². The molecule has 1 aromatic carbocycles. The summed E-state index contributed by atoms with van der Waals surface area (Å²) in [4.78, 5) is 39.6. The maximum atomic E-state index is 13.3. The lowest BCUT2D eigenvalue weighted by molar-refractivity contribution is 0.103. The third kappa shape index (κ3) is 3.77. The van der Waals surface area contributed by atoms with Crippen molar-refractivity contribution >= 4 is 28.4 Å². The van der Waals surface area contributed by atoms with Gasteiger partial charge in [0.25, 0.3) is 0 Å². The highest BCUT2D eigenvalue weighted by molar-refractivity contribution is 6.10. The number of carbonyl (C=O) groups excluding carboxylic acids is 1. The third-order valence-corrected chi connectivity index (χ3v) is 7.58. The molecule has 1 atom stereocenters. The lowest BCUT2D eigenvalue weighted by Crippen LogP contribution is -2.45. The second-order valence-corrected chi connectivity index (χ2v) is 10.4. The maximum Gasteiger partial charge on any atom is 0.347 e. The first-order valence-corrected chi connectivity index (χ1v) is 12.1. The molecule has 1 unspecified atom stereocenters. The Hall–Kier alpha value is -3.22. The first-order valence-electron chi connectivity index (χ1n) is 12.1. The summed E-state index contributed by atoms with van der Waals surface area (Å²) in [7, 11) is 2.07. The molecule has 2 aliphatic heterocycles. The molecule has 3 aromatic rings. The van der Waals surface area contributed by atoms with Gasteiger partial charge in [-0.2, -0.15) is 0 Å². The highest BCUT2D eigenvalue weighted by Crippen LogP contribution is 2.43. The number of ketones is 1. The van der Waals surface area contributed by atoms with Gasteiger partial charge in [-0.15, -0.1) is 0 Å². The molecule has 4 heterocycles. The average molecular weight is 461 g/mol. The van der Waals surface area contributed by atoms with Crippen LogP contribution in [0.1, 0.15) is 79.6 Å². The molecule has 0 bridgehead atoms. The van der Waals surface area contributed by atoms with E-state index in [1.165, 1.54) is 12.0 Å².